The van der Waals surface area contributed by atoms with Gasteiger partial charge in [0.2, 0.25) is 0 Å². The summed E-state index contributed by atoms with van der Waals surface area (Å²) in [5, 5.41) is 12.1. The van der Waals surface area contributed by atoms with Gasteiger partial charge in [-0.05, 0) is 81.0 Å². The molecule has 4 N–H and O–H groups in total. The first kappa shape index (κ1) is 25.7. The van der Waals surface area contributed by atoms with Gasteiger partial charge in [-0.2, -0.15) is 0 Å². The van der Waals surface area contributed by atoms with Crippen molar-refractivity contribution in [2.24, 2.45) is 5.92 Å². The van der Waals surface area contributed by atoms with Crippen LogP contribution >= 0.6 is 23.2 Å². The number of aliphatic carboxylic acids is 1. The van der Waals surface area contributed by atoms with Gasteiger partial charge in [0.25, 0.3) is 5.91 Å². The van der Waals surface area contributed by atoms with Crippen LogP contribution in [0, 0.1) is 5.92 Å². The van der Waals surface area contributed by atoms with Crippen molar-refractivity contribution in [3.63, 3.8) is 0 Å². The van der Waals surface area contributed by atoms with Crippen LogP contribution < -0.4 is 11.1 Å². The summed E-state index contributed by atoms with van der Waals surface area (Å²) < 4.78 is 5.87. The number of nitrogens with zero attached hydrogens (tertiary/aromatic N) is 1. The van der Waals surface area contributed by atoms with Crippen molar-refractivity contribution < 1.29 is 19.4 Å². The summed E-state index contributed by atoms with van der Waals surface area (Å²) in [6.07, 6.45) is 9.02. The van der Waals surface area contributed by atoms with E-state index in [0.29, 0.717) is 11.6 Å². The number of nitrogen functional groups attached to an aromatic ring is 1. The van der Waals surface area contributed by atoms with E-state index in [1.807, 2.05) is 0 Å². The lowest BCUT2D eigenvalue weighted by Gasteiger charge is -2.35. The first-order valence-electron chi connectivity index (χ1n) is 12.2. The summed E-state index contributed by atoms with van der Waals surface area (Å²) >= 11 is 12.1. The molecule has 35 heavy (non-hydrogen) atoms. The molecular weight excluding hydrogens is 489 g/mol. The first-order chi connectivity index (χ1) is 16.8. The van der Waals surface area contributed by atoms with Gasteiger partial charge >= 0.3 is 5.97 Å². The average molecular weight is 520 g/mol. The maximum atomic E-state index is 12.6. The number of halogens is 2. The highest BCUT2D eigenvalue weighted by Crippen LogP contribution is 2.34. The normalized spacial score (nSPS) is 19.9. The molecule has 188 valence electrons. The lowest BCUT2D eigenvalue weighted by molar-refractivity contribution is -0.140. The van der Waals surface area contributed by atoms with Crippen molar-refractivity contribution >= 4 is 40.8 Å². The molecule has 0 bridgehead atoms. The lowest BCUT2D eigenvalue weighted by atomic mass is 9.79. The zero-order valence-electron chi connectivity index (χ0n) is 19.6. The highest BCUT2D eigenvalue weighted by Gasteiger charge is 2.30. The molecule has 0 unspecified atom stereocenters. The Hall–Kier alpha value is -2.35. The van der Waals surface area contributed by atoms with E-state index in [1.54, 1.807) is 0 Å². The van der Waals surface area contributed by atoms with Gasteiger partial charge in [0.1, 0.15) is 6.04 Å². The van der Waals surface area contributed by atoms with Crippen LogP contribution in [-0.4, -0.2) is 40.7 Å². The number of aryl methyl sites for hydroxylation is 3. The molecule has 2 aliphatic carbocycles. The number of carbonyl (C=O) groups is 2. The third-order valence-corrected chi connectivity index (χ3v) is 7.49. The molecule has 7 nitrogen and oxygen atoms in total. The number of anilines is 1. The predicted octanol–water partition coefficient (Wildman–Crippen LogP) is 4.85. The Morgan fingerprint density at radius 1 is 1.17 bits per heavy atom. The Bertz CT molecular complexity index is 1070. The summed E-state index contributed by atoms with van der Waals surface area (Å²) in [5.41, 5.74) is 9.85. The van der Waals surface area contributed by atoms with Crippen molar-refractivity contribution in [3.8, 4) is 0 Å². The Kier molecular flexibility index (Phi) is 8.52. The number of aromatic nitrogens is 1. The van der Waals surface area contributed by atoms with E-state index < -0.39 is 17.9 Å². The van der Waals surface area contributed by atoms with Gasteiger partial charge in [-0.25, -0.2) is 4.79 Å². The molecule has 1 heterocycles. The molecule has 0 spiro atoms. The third-order valence-electron chi connectivity index (χ3n) is 6.89. The Morgan fingerprint density at radius 2 is 1.89 bits per heavy atom. The van der Waals surface area contributed by atoms with E-state index in [1.165, 1.54) is 41.9 Å². The van der Waals surface area contributed by atoms with Gasteiger partial charge in [0, 0.05) is 30.1 Å². The van der Waals surface area contributed by atoms with Gasteiger partial charge in [0.15, 0.2) is 0 Å². The third kappa shape index (κ3) is 6.66. The molecule has 1 atom stereocenters. The van der Waals surface area contributed by atoms with Crippen molar-refractivity contribution in [1.29, 1.82) is 0 Å². The minimum atomic E-state index is -1.14. The molecule has 0 radical (unpaired) electrons. The number of carboxylic acid groups (broad SMARTS) is 1. The Morgan fingerprint density at radius 3 is 2.60 bits per heavy atom. The maximum Gasteiger partial charge on any atom is 0.326 e. The van der Waals surface area contributed by atoms with E-state index in [9.17, 15) is 14.7 Å². The zero-order valence-corrected chi connectivity index (χ0v) is 21.1. The number of nitrogens with one attached hydrogen (secondary N) is 1. The van der Waals surface area contributed by atoms with Crippen LogP contribution in [0.5, 0.6) is 0 Å². The van der Waals surface area contributed by atoms with Gasteiger partial charge in [-0.3, -0.25) is 9.78 Å². The molecule has 1 saturated carbocycles. The number of pyridine rings is 1. The summed E-state index contributed by atoms with van der Waals surface area (Å²) in [6.45, 7) is 0.240. The summed E-state index contributed by atoms with van der Waals surface area (Å²) in [5.74, 6) is -1.21. The van der Waals surface area contributed by atoms with Crippen LogP contribution in [0.3, 0.4) is 0 Å². The van der Waals surface area contributed by atoms with E-state index in [2.05, 4.69) is 17.4 Å². The van der Waals surface area contributed by atoms with Crippen LogP contribution in [0.2, 0.25) is 10.0 Å². The first-order valence-corrected chi connectivity index (χ1v) is 12.9. The quantitative estimate of drug-likeness (QED) is 0.386. The fraction of sp³-hybridized carbons (Fsp3) is 0.500. The number of rotatable bonds is 10. The van der Waals surface area contributed by atoms with Crippen LogP contribution in [0.1, 0.15) is 65.8 Å². The summed E-state index contributed by atoms with van der Waals surface area (Å²) in [4.78, 5) is 29.1. The number of carbonyl (C=O) groups excluding carboxylic acids is 1. The standard InChI is InChI=1S/C26H31Cl2N3O4/c27-20-13-17(29)14-21(28)24(20)25(32)31-23(26(33)34)9-10-35-19-11-15(12-19)5-7-18-8-6-16-3-1-2-4-22(16)30-18/h6,8,13-15,19,23H,1-5,7,9-12,29H2,(H,31,32)(H,33,34)/t15?,19?,23-/m0/s1. The van der Waals surface area contributed by atoms with Crippen molar-refractivity contribution in [2.75, 3.05) is 12.3 Å². The molecular formula is C26H31Cl2N3O4. The number of ether oxygens (including phenoxy) is 1. The second-order valence-corrected chi connectivity index (χ2v) is 10.3. The average Bonchev–Trinajstić information content (AvgIpc) is 2.78. The molecule has 0 saturated heterocycles. The van der Waals surface area contributed by atoms with Crippen molar-refractivity contribution in [2.45, 2.75) is 69.9 Å². The fourth-order valence-electron chi connectivity index (χ4n) is 4.81. The highest BCUT2D eigenvalue weighted by molar-refractivity contribution is 6.40. The molecule has 2 aliphatic rings. The molecule has 1 aromatic heterocycles. The molecule has 4 rings (SSSR count). The van der Waals surface area contributed by atoms with E-state index in [-0.39, 0.29) is 34.7 Å². The van der Waals surface area contributed by atoms with Crippen LogP contribution in [0.4, 0.5) is 5.69 Å². The second kappa shape index (κ2) is 11.6. The Labute approximate surface area is 215 Å². The largest absolute Gasteiger partial charge is 0.480 e. The monoisotopic (exact) mass is 519 g/mol. The van der Waals surface area contributed by atoms with Gasteiger partial charge in [0.05, 0.1) is 21.7 Å². The smallest absolute Gasteiger partial charge is 0.326 e. The predicted molar refractivity (Wildman–Crippen MR) is 136 cm³/mol. The number of hydrogen-bond donors (Lipinski definition) is 3. The van der Waals surface area contributed by atoms with E-state index in [4.69, 9.17) is 38.7 Å². The topological polar surface area (TPSA) is 115 Å². The van der Waals surface area contributed by atoms with Crippen LogP contribution in [-0.2, 0) is 28.8 Å². The fourth-order valence-corrected chi connectivity index (χ4v) is 5.49. The second-order valence-electron chi connectivity index (χ2n) is 9.50. The number of nitrogens with two attached hydrogens (primary N) is 1. The van der Waals surface area contributed by atoms with Crippen molar-refractivity contribution in [1.82, 2.24) is 10.3 Å². The minimum Gasteiger partial charge on any atom is -0.480 e. The highest BCUT2D eigenvalue weighted by atomic mass is 35.5. The van der Waals surface area contributed by atoms with Crippen LogP contribution in [0.25, 0.3) is 0 Å². The van der Waals surface area contributed by atoms with Gasteiger partial charge in [-0.1, -0.05) is 29.3 Å². The van der Waals surface area contributed by atoms with E-state index >= 15 is 0 Å². The molecule has 0 aliphatic heterocycles. The summed E-state index contributed by atoms with van der Waals surface area (Å²) in [7, 11) is 0. The maximum absolute atomic E-state index is 12.6. The molecule has 1 aromatic carbocycles. The Balaban J connectivity index is 1.18. The number of amides is 1. The number of benzene rings is 1. The number of hydrogen-bond acceptors (Lipinski definition) is 5. The SMILES string of the molecule is Nc1cc(Cl)c(C(=O)N[C@@H](CCOC2CC(CCc3ccc4c(n3)CCCC4)C2)C(=O)O)c(Cl)c1. The minimum absolute atomic E-state index is 0.00459. The zero-order chi connectivity index (χ0) is 24.9. The molecule has 1 amide bonds. The molecule has 9 heteroatoms. The van der Waals surface area contributed by atoms with Gasteiger partial charge in [-0.15, -0.1) is 0 Å². The molecule has 2 aromatic rings. The number of fused-ring (bicyclic) bond motifs is 1. The van der Waals surface area contributed by atoms with Crippen LogP contribution in [0.15, 0.2) is 24.3 Å². The lowest BCUT2D eigenvalue weighted by Crippen LogP contribution is -2.42. The van der Waals surface area contributed by atoms with Crippen molar-refractivity contribution in [3.05, 3.63) is 56.8 Å². The molecule has 1 fully saturated rings. The van der Waals surface area contributed by atoms with Gasteiger partial charge < -0.3 is 20.9 Å². The van der Waals surface area contributed by atoms with E-state index in [0.717, 1.165) is 38.5 Å². The number of carboxylic acids is 1. The summed E-state index contributed by atoms with van der Waals surface area (Å²) in [6, 6.07) is 6.10.